The van der Waals surface area contributed by atoms with Crippen LogP contribution >= 0.6 is 15.6 Å². The van der Waals surface area contributed by atoms with Crippen molar-refractivity contribution in [3.05, 3.63) is 0 Å². The molecule has 0 aliphatic heterocycles. The summed E-state index contributed by atoms with van der Waals surface area (Å²) in [6.45, 7) is 7.31. The van der Waals surface area contributed by atoms with Crippen molar-refractivity contribution in [1.29, 1.82) is 0 Å². The van der Waals surface area contributed by atoms with Crippen LogP contribution < -0.4 is 0 Å². The van der Waals surface area contributed by atoms with Crippen molar-refractivity contribution in [2.75, 3.05) is 39.6 Å². The standard InChI is InChI=1S/C79H154O17P2/c1-6-9-12-15-18-21-23-25-27-29-31-33-35-39-44-49-54-59-64-78(83)96-75(69-90-77(82)63-58-53-48-43-38-34-32-30-28-26-24-22-19-16-13-10-7-2)71-94-98(87,88)92-67-73(80)66-91-97(85,86)93-70-74(68-89-76(81)62-57-52-47-41-20-17-14-11-8-3)95-79(84)65-60-55-50-45-40-36-37-42-46-51-56-61-72(4)5/h72-75,80H,6-71H2,1-5H3,(H,85,86)(H,87,88)/t73-,74+,75+/m0/s1. The Morgan fingerprint density at radius 3 is 0.694 bits per heavy atom. The van der Waals surface area contributed by atoms with Crippen LogP contribution in [0.2, 0.25) is 0 Å². The first-order valence-electron chi connectivity index (χ1n) is 41.1. The maximum atomic E-state index is 13.1. The van der Waals surface area contributed by atoms with Crippen LogP contribution in [0.5, 0.6) is 0 Å². The van der Waals surface area contributed by atoms with Crippen LogP contribution in [0.15, 0.2) is 0 Å². The van der Waals surface area contributed by atoms with E-state index in [0.29, 0.717) is 25.7 Å². The highest BCUT2D eigenvalue weighted by atomic mass is 31.2. The fourth-order valence-corrected chi connectivity index (χ4v) is 13.8. The molecule has 5 atom stereocenters. The van der Waals surface area contributed by atoms with Crippen molar-refractivity contribution in [3.8, 4) is 0 Å². The van der Waals surface area contributed by atoms with Gasteiger partial charge in [0.25, 0.3) is 0 Å². The number of unbranched alkanes of at least 4 members (excludes halogenated alkanes) is 51. The second-order valence-electron chi connectivity index (χ2n) is 28.9. The van der Waals surface area contributed by atoms with Crippen LogP contribution in [0, 0.1) is 5.92 Å². The molecular weight excluding hydrogens is 1280 g/mol. The van der Waals surface area contributed by atoms with E-state index in [0.717, 1.165) is 95.8 Å². The number of esters is 4. The van der Waals surface area contributed by atoms with Crippen LogP contribution in [-0.2, 0) is 65.4 Å². The molecule has 0 fully saturated rings. The Morgan fingerprint density at radius 1 is 0.276 bits per heavy atom. The Balaban J connectivity index is 5.22. The first-order valence-corrected chi connectivity index (χ1v) is 44.1. The van der Waals surface area contributed by atoms with Gasteiger partial charge >= 0.3 is 39.5 Å². The van der Waals surface area contributed by atoms with Crippen molar-refractivity contribution < 1.29 is 80.2 Å². The number of hydrogen-bond donors (Lipinski definition) is 3. The Kier molecular flexibility index (Phi) is 70.6. The van der Waals surface area contributed by atoms with Gasteiger partial charge in [-0.2, -0.15) is 0 Å². The van der Waals surface area contributed by atoms with E-state index in [9.17, 15) is 43.2 Å². The second kappa shape index (κ2) is 72.0. The number of rotatable bonds is 79. The highest BCUT2D eigenvalue weighted by Crippen LogP contribution is 2.45. The first kappa shape index (κ1) is 96.1. The van der Waals surface area contributed by atoms with Gasteiger partial charge in [-0.1, -0.05) is 369 Å². The quantitative estimate of drug-likeness (QED) is 0.0222. The first-order chi connectivity index (χ1) is 47.5. The van der Waals surface area contributed by atoms with Gasteiger partial charge in [-0.05, 0) is 31.6 Å². The lowest BCUT2D eigenvalue weighted by Gasteiger charge is -2.21. The molecule has 17 nitrogen and oxygen atoms in total. The number of carbonyl (C=O) groups is 4. The molecular formula is C79H154O17P2. The summed E-state index contributed by atoms with van der Waals surface area (Å²) in [4.78, 5) is 72.9. The van der Waals surface area contributed by atoms with Crippen molar-refractivity contribution in [1.82, 2.24) is 0 Å². The largest absolute Gasteiger partial charge is 0.472 e. The predicted molar refractivity (Wildman–Crippen MR) is 400 cm³/mol. The van der Waals surface area contributed by atoms with E-state index in [-0.39, 0.29) is 25.7 Å². The van der Waals surface area contributed by atoms with Gasteiger partial charge in [0.15, 0.2) is 12.2 Å². The van der Waals surface area contributed by atoms with Crippen molar-refractivity contribution in [2.45, 2.75) is 438 Å². The van der Waals surface area contributed by atoms with Crippen LogP contribution in [0.1, 0.15) is 420 Å². The topological polar surface area (TPSA) is 237 Å². The number of phosphoric ester groups is 2. The monoisotopic (exact) mass is 1440 g/mol. The molecule has 19 heteroatoms. The zero-order chi connectivity index (χ0) is 71.9. The summed E-state index contributed by atoms with van der Waals surface area (Å²) in [5.41, 5.74) is 0. The molecule has 0 aliphatic rings. The van der Waals surface area contributed by atoms with Gasteiger partial charge < -0.3 is 33.8 Å². The predicted octanol–water partition coefficient (Wildman–Crippen LogP) is 23.6. The molecule has 98 heavy (non-hydrogen) atoms. The third kappa shape index (κ3) is 72.4. The third-order valence-electron chi connectivity index (χ3n) is 18.5. The summed E-state index contributed by atoms with van der Waals surface area (Å²) in [5, 5.41) is 10.6. The van der Waals surface area contributed by atoms with Crippen LogP contribution in [0.25, 0.3) is 0 Å². The molecule has 0 saturated heterocycles. The molecule has 2 unspecified atom stereocenters. The van der Waals surface area contributed by atoms with Crippen molar-refractivity contribution in [3.63, 3.8) is 0 Å². The minimum absolute atomic E-state index is 0.107. The lowest BCUT2D eigenvalue weighted by atomic mass is 10.0. The molecule has 0 saturated carbocycles. The Bertz CT molecular complexity index is 1870. The van der Waals surface area contributed by atoms with E-state index in [4.69, 9.17) is 37.0 Å². The smallest absolute Gasteiger partial charge is 0.462 e. The van der Waals surface area contributed by atoms with Crippen LogP contribution in [-0.4, -0.2) is 96.7 Å². The maximum Gasteiger partial charge on any atom is 0.472 e. The minimum atomic E-state index is -4.96. The summed E-state index contributed by atoms with van der Waals surface area (Å²) in [6.07, 6.45) is 62.4. The molecule has 0 aliphatic carbocycles. The van der Waals surface area contributed by atoms with E-state index in [1.54, 1.807) is 0 Å². The highest BCUT2D eigenvalue weighted by molar-refractivity contribution is 7.47. The summed E-state index contributed by atoms with van der Waals surface area (Å²) in [6, 6.07) is 0. The second-order valence-corrected chi connectivity index (χ2v) is 31.8. The van der Waals surface area contributed by atoms with Gasteiger partial charge in [0.2, 0.25) is 0 Å². The van der Waals surface area contributed by atoms with Gasteiger partial charge in [-0.3, -0.25) is 37.3 Å². The molecule has 3 N–H and O–H groups in total. The molecule has 0 aromatic rings. The fourth-order valence-electron chi connectivity index (χ4n) is 12.2. The number of aliphatic hydroxyl groups excluding tert-OH is 1. The van der Waals surface area contributed by atoms with E-state index in [1.807, 2.05) is 0 Å². The van der Waals surface area contributed by atoms with Gasteiger partial charge in [-0.15, -0.1) is 0 Å². The van der Waals surface area contributed by atoms with E-state index < -0.39 is 97.5 Å². The molecule has 0 radical (unpaired) electrons. The molecule has 0 bridgehead atoms. The number of hydrogen-bond acceptors (Lipinski definition) is 15. The Hall–Kier alpha value is -1.94. The lowest BCUT2D eigenvalue weighted by molar-refractivity contribution is -0.161. The summed E-state index contributed by atoms with van der Waals surface area (Å²) >= 11 is 0. The molecule has 582 valence electrons. The molecule has 0 rings (SSSR count). The average molecular weight is 1440 g/mol. The van der Waals surface area contributed by atoms with E-state index in [1.165, 1.54) is 244 Å². The lowest BCUT2D eigenvalue weighted by Crippen LogP contribution is -2.30. The molecule has 0 amide bonds. The zero-order valence-electron chi connectivity index (χ0n) is 63.9. The van der Waals surface area contributed by atoms with Gasteiger partial charge in [-0.25, -0.2) is 9.13 Å². The molecule has 0 aromatic heterocycles. The van der Waals surface area contributed by atoms with E-state index >= 15 is 0 Å². The third-order valence-corrected chi connectivity index (χ3v) is 20.4. The number of carbonyl (C=O) groups excluding carboxylic acids is 4. The van der Waals surface area contributed by atoms with Gasteiger partial charge in [0, 0.05) is 25.7 Å². The van der Waals surface area contributed by atoms with Gasteiger partial charge in [0.05, 0.1) is 26.4 Å². The maximum absolute atomic E-state index is 13.1. The Labute approximate surface area is 600 Å². The highest BCUT2D eigenvalue weighted by Gasteiger charge is 2.30. The fraction of sp³-hybridized carbons (Fsp3) is 0.949. The summed E-state index contributed by atoms with van der Waals surface area (Å²) in [5.74, 6) is -1.34. The summed E-state index contributed by atoms with van der Waals surface area (Å²) < 4.78 is 68.6. The number of aliphatic hydroxyl groups is 1. The van der Waals surface area contributed by atoms with E-state index in [2.05, 4.69) is 34.6 Å². The number of ether oxygens (including phenoxy) is 4. The van der Waals surface area contributed by atoms with Gasteiger partial charge in [0.1, 0.15) is 19.3 Å². The van der Waals surface area contributed by atoms with Crippen LogP contribution in [0.3, 0.4) is 0 Å². The average Bonchev–Trinajstić information content (AvgIpc) is 1.01. The molecule has 0 heterocycles. The number of phosphoric acid groups is 2. The Morgan fingerprint density at radius 2 is 0.469 bits per heavy atom. The normalized spacial score (nSPS) is 13.9. The molecule has 0 aromatic carbocycles. The minimum Gasteiger partial charge on any atom is -0.462 e. The van der Waals surface area contributed by atoms with Crippen molar-refractivity contribution >= 4 is 39.5 Å². The summed E-state index contributed by atoms with van der Waals surface area (Å²) in [7, 11) is -9.91. The zero-order valence-corrected chi connectivity index (χ0v) is 65.7. The molecule has 0 spiro atoms. The van der Waals surface area contributed by atoms with Crippen LogP contribution in [0.4, 0.5) is 0 Å². The van der Waals surface area contributed by atoms with Crippen molar-refractivity contribution in [2.24, 2.45) is 5.92 Å². The SMILES string of the molecule is CCCCCCCCCCCCCCCCCCCCC(=O)O[C@H](COC(=O)CCCCCCCCCCCCCCCCCCC)COP(=O)(O)OC[C@@H](O)COP(=O)(O)OC[C@@H](COC(=O)CCCCCCCCCCC)OC(=O)CCCCCCCCCCCCCC(C)C.